The molecule has 1 aliphatic rings. The van der Waals surface area contributed by atoms with Crippen LogP contribution >= 0.6 is 0 Å². The van der Waals surface area contributed by atoms with E-state index in [0.717, 1.165) is 0 Å². The van der Waals surface area contributed by atoms with Crippen molar-refractivity contribution >= 4 is 15.7 Å². The van der Waals surface area contributed by atoms with E-state index in [0.29, 0.717) is 30.4 Å². The second kappa shape index (κ2) is 6.47. The van der Waals surface area contributed by atoms with E-state index in [1.807, 2.05) is 0 Å². The van der Waals surface area contributed by atoms with E-state index in [-0.39, 0.29) is 18.0 Å². The van der Waals surface area contributed by atoms with E-state index in [1.165, 1.54) is 16.4 Å². The molecule has 2 aromatic rings. The maximum Gasteiger partial charge on any atom is 0.264 e. The van der Waals surface area contributed by atoms with Crippen LogP contribution in [0.2, 0.25) is 0 Å². The monoisotopic (exact) mass is 335 g/mol. The Morgan fingerprint density at radius 1 is 1.00 bits per heavy atom. The molecule has 0 atom stereocenters. The predicted molar refractivity (Wildman–Crippen MR) is 85.5 cm³/mol. The Hall–Kier alpha value is -2.25. The summed E-state index contributed by atoms with van der Waals surface area (Å²) in [6.45, 7) is 0.523. The maximum atomic E-state index is 12.9. The van der Waals surface area contributed by atoms with Crippen molar-refractivity contribution in [1.82, 2.24) is 0 Å². The minimum absolute atomic E-state index is 0.0270. The Morgan fingerprint density at radius 2 is 1.70 bits per heavy atom. The molecule has 1 heterocycles. The highest BCUT2D eigenvalue weighted by Gasteiger charge is 2.26. The molecule has 0 unspecified atom stereocenters. The number of para-hydroxylation sites is 1. The normalized spacial score (nSPS) is 13.6. The summed E-state index contributed by atoms with van der Waals surface area (Å²) < 4.78 is 37.9. The Morgan fingerprint density at radius 3 is 2.39 bits per heavy atom. The van der Waals surface area contributed by atoms with Gasteiger partial charge in [-0.2, -0.15) is 0 Å². The average Bonchev–Trinajstić information content (AvgIpc) is 2.60. The number of anilines is 1. The summed E-state index contributed by atoms with van der Waals surface area (Å²) in [4.78, 5) is 0.0963. The molecule has 0 spiro atoms. The highest BCUT2D eigenvalue weighted by molar-refractivity contribution is 7.92. The van der Waals surface area contributed by atoms with Gasteiger partial charge in [0.15, 0.2) is 11.5 Å². The minimum Gasteiger partial charge on any atom is -0.486 e. The smallest absolute Gasteiger partial charge is 0.264 e. The molecule has 0 saturated heterocycles. The molecule has 0 radical (unpaired) electrons. The highest BCUT2D eigenvalue weighted by Crippen LogP contribution is 2.34. The third-order valence-electron chi connectivity index (χ3n) is 3.45. The number of rotatable bonds is 5. The zero-order valence-corrected chi connectivity index (χ0v) is 13.2. The molecule has 0 amide bonds. The number of fused-ring (bicyclic) bond motifs is 1. The number of sulfonamides is 1. The Bertz CT molecular complexity index is 776. The first-order valence-electron chi connectivity index (χ1n) is 7.21. The minimum atomic E-state index is -3.81. The highest BCUT2D eigenvalue weighted by atomic mass is 32.2. The van der Waals surface area contributed by atoms with Gasteiger partial charge in [0.25, 0.3) is 10.0 Å². The van der Waals surface area contributed by atoms with Gasteiger partial charge in [0.05, 0.1) is 23.7 Å². The van der Waals surface area contributed by atoms with E-state index in [4.69, 9.17) is 9.47 Å². The molecule has 1 N–H and O–H groups in total. The van der Waals surface area contributed by atoms with Gasteiger partial charge in [-0.15, -0.1) is 0 Å². The topological polar surface area (TPSA) is 76.1 Å². The summed E-state index contributed by atoms with van der Waals surface area (Å²) in [6, 6.07) is 13.2. The lowest BCUT2D eigenvalue weighted by molar-refractivity contribution is 0.171. The summed E-state index contributed by atoms with van der Waals surface area (Å²) in [7, 11) is -3.81. The zero-order chi connectivity index (χ0) is 16.3. The van der Waals surface area contributed by atoms with Gasteiger partial charge in [-0.1, -0.05) is 18.2 Å². The number of aliphatic hydroxyl groups excluding tert-OH is 1. The predicted octanol–water partition coefficient (Wildman–Crippen LogP) is 1.65. The van der Waals surface area contributed by atoms with Gasteiger partial charge in [-0.05, 0) is 24.3 Å². The van der Waals surface area contributed by atoms with Gasteiger partial charge in [-0.3, -0.25) is 4.31 Å². The summed E-state index contributed by atoms with van der Waals surface area (Å²) in [5.41, 5.74) is 0.497. The van der Waals surface area contributed by atoms with Crippen LogP contribution in [-0.4, -0.2) is 39.9 Å². The van der Waals surface area contributed by atoms with E-state index in [9.17, 15) is 13.5 Å². The lowest BCUT2D eigenvalue weighted by atomic mass is 10.3. The second-order valence-electron chi connectivity index (χ2n) is 4.94. The maximum absolute atomic E-state index is 12.9. The number of benzene rings is 2. The lowest BCUT2D eigenvalue weighted by Crippen LogP contribution is -2.33. The van der Waals surface area contributed by atoms with Gasteiger partial charge in [0.2, 0.25) is 0 Å². The number of hydrogen-bond donors (Lipinski definition) is 1. The summed E-state index contributed by atoms with van der Waals surface area (Å²) in [5, 5.41) is 9.25. The molecule has 1 aliphatic heterocycles. The van der Waals surface area contributed by atoms with Crippen LogP contribution < -0.4 is 13.8 Å². The molecule has 2 aromatic carbocycles. The molecule has 0 fully saturated rings. The van der Waals surface area contributed by atoms with Crippen LogP contribution in [0.25, 0.3) is 0 Å². The molecule has 122 valence electrons. The van der Waals surface area contributed by atoms with Crippen molar-refractivity contribution in [2.75, 3.05) is 30.7 Å². The van der Waals surface area contributed by atoms with Crippen molar-refractivity contribution < 1.29 is 23.0 Å². The van der Waals surface area contributed by atoms with Crippen LogP contribution in [-0.2, 0) is 10.0 Å². The molecule has 0 aromatic heterocycles. The molecular formula is C16H17NO5S. The van der Waals surface area contributed by atoms with Crippen molar-refractivity contribution in [2.45, 2.75) is 4.90 Å². The summed E-state index contributed by atoms with van der Waals surface area (Å²) in [5.74, 6) is 0.943. The van der Waals surface area contributed by atoms with Gasteiger partial charge in [0.1, 0.15) is 13.2 Å². The SMILES string of the molecule is O=S(=O)(c1ccc2c(c1)OCCO2)N(CCO)c1ccccc1. The Labute approximate surface area is 134 Å². The molecular weight excluding hydrogens is 318 g/mol. The van der Waals surface area contributed by atoms with Gasteiger partial charge in [0, 0.05) is 6.07 Å². The van der Waals surface area contributed by atoms with E-state index < -0.39 is 10.0 Å². The van der Waals surface area contributed by atoms with Crippen molar-refractivity contribution in [1.29, 1.82) is 0 Å². The molecule has 0 aliphatic carbocycles. The average molecular weight is 335 g/mol. The standard InChI is InChI=1S/C16H17NO5S/c18-9-8-17(13-4-2-1-3-5-13)23(19,20)14-6-7-15-16(12-14)22-11-10-21-15/h1-7,12,18H,8-11H2. The quantitative estimate of drug-likeness (QED) is 0.899. The van der Waals surface area contributed by atoms with Crippen LogP contribution in [0.15, 0.2) is 53.4 Å². The van der Waals surface area contributed by atoms with Crippen molar-refractivity contribution in [3.63, 3.8) is 0 Å². The van der Waals surface area contributed by atoms with E-state index in [2.05, 4.69) is 0 Å². The van der Waals surface area contributed by atoms with Gasteiger partial charge in [-0.25, -0.2) is 8.42 Å². The summed E-state index contributed by atoms with van der Waals surface area (Å²) in [6.07, 6.45) is 0. The number of hydrogen-bond acceptors (Lipinski definition) is 5. The molecule has 6 nitrogen and oxygen atoms in total. The summed E-state index contributed by atoms with van der Waals surface area (Å²) >= 11 is 0. The van der Waals surface area contributed by atoms with Crippen LogP contribution in [0, 0.1) is 0 Å². The zero-order valence-electron chi connectivity index (χ0n) is 12.4. The molecule has 0 saturated carbocycles. The lowest BCUT2D eigenvalue weighted by Gasteiger charge is -2.25. The van der Waals surface area contributed by atoms with Crippen LogP contribution in [0.5, 0.6) is 11.5 Å². The Kier molecular flexibility index (Phi) is 4.40. The third-order valence-corrected chi connectivity index (χ3v) is 5.27. The third kappa shape index (κ3) is 3.11. The van der Waals surface area contributed by atoms with Gasteiger partial charge < -0.3 is 14.6 Å². The van der Waals surface area contributed by atoms with Crippen LogP contribution in [0.3, 0.4) is 0 Å². The molecule has 23 heavy (non-hydrogen) atoms. The van der Waals surface area contributed by atoms with Crippen molar-refractivity contribution in [3.05, 3.63) is 48.5 Å². The van der Waals surface area contributed by atoms with E-state index in [1.54, 1.807) is 36.4 Å². The fraction of sp³-hybridized carbons (Fsp3) is 0.250. The van der Waals surface area contributed by atoms with Gasteiger partial charge >= 0.3 is 0 Å². The molecule has 0 bridgehead atoms. The molecule has 3 rings (SSSR count). The van der Waals surface area contributed by atoms with E-state index >= 15 is 0 Å². The Balaban J connectivity index is 2.01. The number of nitrogens with zero attached hydrogens (tertiary/aromatic N) is 1. The number of aliphatic hydroxyl groups is 1. The van der Waals surface area contributed by atoms with Crippen LogP contribution in [0.4, 0.5) is 5.69 Å². The second-order valence-corrected chi connectivity index (χ2v) is 6.80. The van der Waals surface area contributed by atoms with Crippen molar-refractivity contribution in [3.8, 4) is 11.5 Å². The first-order chi connectivity index (χ1) is 11.1. The first-order valence-corrected chi connectivity index (χ1v) is 8.65. The largest absolute Gasteiger partial charge is 0.486 e. The van der Waals surface area contributed by atoms with Crippen molar-refractivity contribution in [2.24, 2.45) is 0 Å². The number of ether oxygens (including phenoxy) is 2. The first kappa shape index (κ1) is 15.6. The fourth-order valence-electron chi connectivity index (χ4n) is 2.38. The van der Waals surface area contributed by atoms with Crippen LogP contribution in [0.1, 0.15) is 0 Å². The fourth-order valence-corrected chi connectivity index (χ4v) is 3.86. The molecule has 7 heteroatoms.